The standard InChI is InChI=1S/C16H28N4O2S/c1-18(2)12-10-19(11-13(12)23-3)8-9-20-14(21)16(17-15(20)22)6-4-5-7-16/h12-13H,4-11H2,1-3H3,(H,17,22). The molecule has 0 aromatic rings. The van der Waals surface area contributed by atoms with Crippen molar-refractivity contribution in [1.29, 1.82) is 0 Å². The van der Waals surface area contributed by atoms with E-state index in [-0.39, 0.29) is 11.9 Å². The molecule has 2 saturated heterocycles. The average molecular weight is 340 g/mol. The van der Waals surface area contributed by atoms with E-state index in [4.69, 9.17) is 0 Å². The summed E-state index contributed by atoms with van der Waals surface area (Å²) in [5, 5.41) is 3.55. The number of nitrogens with one attached hydrogen (secondary N) is 1. The van der Waals surface area contributed by atoms with E-state index in [1.165, 1.54) is 4.90 Å². The minimum absolute atomic E-state index is 0.00442. The number of likely N-dealkylation sites (N-methyl/N-ethyl adjacent to an activating group) is 1. The lowest BCUT2D eigenvalue weighted by Crippen LogP contribution is -2.44. The van der Waals surface area contributed by atoms with Crippen molar-refractivity contribution in [2.75, 3.05) is 46.5 Å². The van der Waals surface area contributed by atoms with Gasteiger partial charge in [0.2, 0.25) is 0 Å². The summed E-state index contributed by atoms with van der Waals surface area (Å²) in [4.78, 5) is 31.0. The van der Waals surface area contributed by atoms with E-state index < -0.39 is 5.54 Å². The zero-order chi connectivity index (χ0) is 16.6. The Morgan fingerprint density at radius 2 is 1.91 bits per heavy atom. The fourth-order valence-electron chi connectivity index (χ4n) is 4.18. The first-order valence-corrected chi connectivity index (χ1v) is 9.81. The number of rotatable bonds is 5. The summed E-state index contributed by atoms with van der Waals surface area (Å²) < 4.78 is 0. The van der Waals surface area contributed by atoms with Crippen molar-refractivity contribution in [2.45, 2.75) is 42.5 Å². The maximum atomic E-state index is 12.6. The molecule has 7 heteroatoms. The second-order valence-electron chi connectivity index (χ2n) is 7.24. The van der Waals surface area contributed by atoms with Gasteiger partial charge < -0.3 is 10.2 Å². The fraction of sp³-hybridized carbons (Fsp3) is 0.875. The molecule has 3 aliphatic rings. The quantitative estimate of drug-likeness (QED) is 0.751. The van der Waals surface area contributed by atoms with Crippen LogP contribution in [0.15, 0.2) is 0 Å². The first-order chi connectivity index (χ1) is 11.0. The number of hydrogen-bond acceptors (Lipinski definition) is 5. The van der Waals surface area contributed by atoms with Gasteiger partial charge in [0.1, 0.15) is 5.54 Å². The first kappa shape index (κ1) is 17.0. The van der Waals surface area contributed by atoms with E-state index >= 15 is 0 Å². The van der Waals surface area contributed by atoms with Crippen LogP contribution in [0, 0.1) is 0 Å². The highest BCUT2D eigenvalue weighted by Crippen LogP contribution is 2.35. The van der Waals surface area contributed by atoms with Gasteiger partial charge in [-0.1, -0.05) is 12.8 Å². The number of carbonyl (C=O) groups is 2. The van der Waals surface area contributed by atoms with Gasteiger partial charge in [-0.3, -0.25) is 14.6 Å². The number of nitrogens with zero attached hydrogens (tertiary/aromatic N) is 3. The van der Waals surface area contributed by atoms with Crippen LogP contribution in [0.3, 0.4) is 0 Å². The second-order valence-corrected chi connectivity index (χ2v) is 8.32. The van der Waals surface area contributed by atoms with Crippen molar-refractivity contribution >= 4 is 23.7 Å². The van der Waals surface area contributed by atoms with Crippen LogP contribution in [0.5, 0.6) is 0 Å². The van der Waals surface area contributed by atoms with Crippen LogP contribution >= 0.6 is 11.8 Å². The van der Waals surface area contributed by atoms with Gasteiger partial charge in [0, 0.05) is 37.5 Å². The lowest BCUT2D eigenvalue weighted by atomic mass is 9.98. The zero-order valence-corrected chi connectivity index (χ0v) is 15.2. The molecule has 0 radical (unpaired) electrons. The van der Waals surface area contributed by atoms with E-state index in [9.17, 15) is 9.59 Å². The molecule has 1 N–H and O–H groups in total. The summed E-state index contributed by atoms with van der Waals surface area (Å²) >= 11 is 1.90. The van der Waals surface area contributed by atoms with Crippen LogP contribution in [0.25, 0.3) is 0 Å². The molecule has 2 atom stereocenters. The summed E-state index contributed by atoms with van der Waals surface area (Å²) in [5.74, 6) is 0.00442. The van der Waals surface area contributed by atoms with Gasteiger partial charge in [0.05, 0.1) is 0 Å². The third kappa shape index (κ3) is 3.10. The number of thioether (sulfide) groups is 1. The number of likely N-dealkylation sites (tertiary alicyclic amines) is 1. The van der Waals surface area contributed by atoms with Crippen LogP contribution in [0.1, 0.15) is 25.7 Å². The largest absolute Gasteiger partial charge is 0.325 e. The highest BCUT2D eigenvalue weighted by molar-refractivity contribution is 7.99. The molecule has 0 aromatic heterocycles. The zero-order valence-electron chi connectivity index (χ0n) is 14.4. The molecular weight excluding hydrogens is 312 g/mol. The number of carbonyl (C=O) groups excluding carboxylic acids is 2. The summed E-state index contributed by atoms with van der Waals surface area (Å²) in [7, 11) is 4.25. The minimum atomic E-state index is -0.573. The maximum absolute atomic E-state index is 12.6. The van der Waals surface area contributed by atoms with Gasteiger partial charge in [-0.2, -0.15) is 11.8 Å². The molecule has 0 bridgehead atoms. The van der Waals surface area contributed by atoms with Crippen LogP contribution in [-0.2, 0) is 4.79 Å². The Hall–Kier alpha value is -0.790. The van der Waals surface area contributed by atoms with Crippen LogP contribution in [0.4, 0.5) is 4.79 Å². The van der Waals surface area contributed by atoms with Gasteiger partial charge in [0.15, 0.2) is 0 Å². The van der Waals surface area contributed by atoms with Crippen molar-refractivity contribution in [1.82, 2.24) is 20.0 Å². The summed E-state index contributed by atoms with van der Waals surface area (Å²) in [5.41, 5.74) is -0.573. The Balaban J connectivity index is 1.57. The minimum Gasteiger partial charge on any atom is -0.323 e. The molecule has 2 aliphatic heterocycles. The van der Waals surface area contributed by atoms with Gasteiger partial charge in [0.25, 0.3) is 5.91 Å². The molecule has 3 fully saturated rings. The number of urea groups is 1. The van der Waals surface area contributed by atoms with Crippen molar-refractivity contribution in [3.8, 4) is 0 Å². The molecular formula is C16H28N4O2S. The third-order valence-electron chi connectivity index (χ3n) is 5.62. The smallest absolute Gasteiger partial charge is 0.323 e. The van der Waals surface area contributed by atoms with Gasteiger partial charge in [-0.25, -0.2) is 4.79 Å². The van der Waals surface area contributed by atoms with Crippen LogP contribution < -0.4 is 5.32 Å². The second kappa shape index (κ2) is 6.61. The monoisotopic (exact) mass is 340 g/mol. The van der Waals surface area contributed by atoms with Crippen LogP contribution in [-0.4, -0.2) is 90.0 Å². The molecule has 2 unspecified atom stereocenters. The summed E-state index contributed by atoms with van der Waals surface area (Å²) in [6.45, 7) is 3.32. The maximum Gasteiger partial charge on any atom is 0.325 e. The molecule has 130 valence electrons. The molecule has 1 spiro atoms. The Labute approximate surface area is 142 Å². The van der Waals surface area contributed by atoms with E-state index in [1.807, 2.05) is 11.8 Å². The Kier molecular flexibility index (Phi) is 4.90. The van der Waals surface area contributed by atoms with Crippen molar-refractivity contribution in [3.63, 3.8) is 0 Å². The molecule has 3 rings (SSSR count). The lowest BCUT2D eigenvalue weighted by molar-refractivity contribution is -0.131. The van der Waals surface area contributed by atoms with Crippen molar-refractivity contribution in [3.05, 3.63) is 0 Å². The number of amides is 3. The Morgan fingerprint density at radius 1 is 1.22 bits per heavy atom. The highest BCUT2D eigenvalue weighted by atomic mass is 32.2. The molecule has 23 heavy (non-hydrogen) atoms. The fourth-order valence-corrected chi connectivity index (χ4v) is 5.18. The summed E-state index contributed by atoms with van der Waals surface area (Å²) in [6, 6.07) is 0.343. The molecule has 1 saturated carbocycles. The normalized spacial score (nSPS) is 30.9. The van der Waals surface area contributed by atoms with E-state index in [0.717, 1.165) is 45.3 Å². The molecule has 6 nitrogen and oxygen atoms in total. The van der Waals surface area contributed by atoms with Gasteiger partial charge in [-0.15, -0.1) is 0 Å². The number of imide groups is 1. The third-order valence-corrected chi connectivity index (χ3v) is 6.69. The van der Waals surface area contributed by atoms with E-state index in [2.05, 4.69) is 35.5 Å². The summed E-state index contributed by atoms with van der Waals surface area (Å²) in [6.07, 6.45) is 5.83. The van der Waals surface area contributed by atoms with Crippen molar-refractivity contribution in [2.24, 2.45) is 0 Å². The highest BCUT2D eigenvalue weighted by Gasteiger charge is 2.52. The molecule has 0 aromatic carbocycles. The topological polar surface area (TPSA) is 55.9 Å². The molecule has 2 heterocycles. The lowest BCUT2D eigenvalue weighted by Gasteiger charge is -2.24. The Morgan fingerprint density at radius 3 is 2.48 bits per heavy atom. The van der Waals surface area contributed by atoms with Gasteiger partial charge >= 0.3 is 6.03 Å². The van der Waals surface area contributed by atoms with Crippen LogP contribution in [0.2, 0.25) is 0 Å². The molecule has 1 aliphatic carbocycles. The predicted molar refractivity (Wildman–Crippen MR) is 92.7 cm³/mol. The van der Waals surface area contributed by atoms with Gasteiger partial charge in [-0.05, 0) is 33.2 Å². The Bertz CT molecular complexity index is 479. The number of hydrogen-bond donors (Lipinski definition) is 1. The van der Waals surface area contributed by atoms with Crippen molar-refractivity contribution < 1.29 is 9.59 Å². The van der Waals surface area contributed by atoms with E-state index in [0.29, 0.717) is 17.8 Å². The molecule has 3 amide bonds. The first-order valence-electron chi connectivity index (χ1n) is 8.52. The van der Waals surface area contributed by atoms with E-state index in [1.54, 1.807) is 0 Å². The average Bonchev–Trinajstić information content (AvgIpc) is 3.19. The SMILES string of the molecule is CSC1CN(CCN2C(=O)NC3(CCCC3)C2=O)CC1N(C)C. The predicted octanol–water partition coefficient (Wildman–Crippen LogP) is 0.828.